The average Bonchev–Trinajstić information content (AvgIpc) is 3.04. The van der Waals surface area contributed by atoms with E-state index in [1.54, 1.807) is 7.11 Å². The number of rotatable bonds is 6. The van der Waals surface area contributed by atoms with Crippen molar-refractivity contribution in [1.82, 2.24) is 4.98 Å². The third kappa shape index (κ3) is 2.62. The molecule has 3 aromatic rings. The number of nitrogens with zero attached hydrogens (tertiary/aromatic N) is 1. The average molecular weight is 324 g/mol. The number of H-pyrrole nitrogens is 1. The summed E-state index contributed by atoms with van der Waals surface area (Å²) in [5.74, 6) is 0.740. The first-order chi connectivity index (χ1) is 11.6. The summed E-state index contributed by atoms with van der Waals surface area (Å²) in [6.45, 7) is 1.84. The highest BCUT2D eigenvalue weighted by molar-refractivity contribution is 5.85. The van der Waals surface area contributed by atoms with Gasteiger partial charge in [-0.15, -0.1) is 0 Å². The molecule has 1 aromatic heterocycles. The standard InChI is InChI=1S/C19H20N2O3/c1-3-19(13-21(22)23,14-8-10-15(24-2)11-9-14)17-12-20-18-7-5-4-6-16(17)18/h4-12,20H,3,13H2,1-2H3/t19-/m1/s1. The second-order valence-corrected chi connectivity index (χ2v) is 5.90. The molecule has 2 aromatic carbocycles. The van der Waals surface area contributed by atoms with Crippen LogP contribution in [0.2, 0.25) is 0 Å². The van der Waals surface area contributed by atoms with Crippen molar-refractivity contribution in [2.45, 2.75) is 18.8 Å². The summed E-state index contributed by atoms with van der Waals surface area (Å²) in [5, 5.41) is 12.5. The summed E-state index contributed by atoms with van der Waals surface area (Å²) in [6, 6.07) is 15.5. The molecule has 0 aliphatic carbocycles. The van der Waals surface area contributed by atoms with Gasteiger partial charge in [-0.25, -0.2) is 0 Å². The summed E-state index contributed by atoms with van der Waals surface area (Å²) >= 11 is 0. The summed E-state index contributed by atoms with van der Waals surface area (Å²) < 4.78 is 5.22. The third-order valence-corrected chi connectivity index (χ3v) is 4.75. The van der Waals surface area contributed by atoms with E-state index in [-0.39, 0.29) is 11.5 Å². The highest BCUT2D eigenvalue weighted by atomic mass is 16.6. The van der Waals surface area contributed by atoms with E-state index in [4.69, 9.17) is 4.74 Å². The molecule has 24 heavy (non-hydrogen) atoms. The van der Waals surface area contributed by atoms with Crippen LogP contribution >= 0.6 is 0 Å². The van der Waals surface area contributed by atoms with Gasteiger partial charge in [0, 0.05) is 22.0 Å². The molecule has 3 rings (SSSR count). The van der Waals surface area contributed by atoms with Gasteiger partial charge in [-0.2, -0.15) is 0 Å². The van der Waals surface area contributed by atoms with Crippen molar-refractivity contribution in [2.75, 3.05) is 13.7 Å². The Hall–Kier alpha value is -2.82. The minimum Gasteiger partial charge on any atom is -0.497 e. The second-order valence-electron chi connectivity index (χ2n) is 5.90. The molecule has 5 nitrogen and oxygen atoms in total. The monoisotopic (exact) mass is 324 g/mol. The van der Waals surface area contributed by atoms with Gasteiger partial charge in [-0.3, -0.25) is 10.1 Å². The first kappa shape index (κ1) is 16.1. The molecule has 124 valence electrons. The fourth-order valence-electron chi connectivity index (χ4n) is 3.44. The van der Waals surface area contributed by atoms with E-state index < -0.39 is 5.41 Å². The zero-order chi connectivity index (χ0) is 17.2. The smallest absolute Gasteiger partial charge is 0.217 e. The van der Waals surface area contributed by atoms with Crippen molar-refractivity contribution in [1.29, 1.82) is 0 Å². The third-order valence-electron chi connectivity index (χ3n) is 4.75. The van der Waals surface area contributed by atoms with Gasteiger partial charge in [0.2, 0.25) is 6.54 Å². The van der Waals surface area contributed by atoms with Crippen LogP contribution in [0.15, 0.2) is 54.7 Å². The Bertz CT molecular complexity index is 854. The molecule has 0 saturated carbocycles. The van der Waals surface area contributed by atoms with E-state index in [1.807, 2.05) is 61.7 Å². The van der Waals surface area contributed by atoms with E-state index in [0.29, 0.717) is 6.42 Å². The van der Waals surface area contributed by atoms with Crippen molar-refractivity contribution in [3.63, 3.8) is 0 Å². The van der Waals surface area contributed by atoms with Crippen LogP contribution in [0.25, 0.3) is 10.9 Å². The number of para-hydroxylation sites is 1. The molecule has 0 bridgehead atoms. The molecule has 0 spiro atoms. The van der Waals surface area contributed by atoms with E-state index >= 15 is 0 Å². The topological polar surface area (TPSA) is 68.2 Å². The Morgan fingerprint density at radius 1 is 1.17 bits per heavy atom. The fourth-order valence-corrected chi connectivity index (χ4v) is 3.44. The molecule has 1 N–H and O–H groups in total. The zero-order valence-corrected chi connectivity index (χ0v) is 13.8. The van der Waals surface area contributed by atoms with Crippen molar-refractivity contribution in [3.05, 3.63) is 76.0 Å². The van der Waals surface area contributed by atoms with Crippen molar-refractivity contribution in [2.24, 2.45) is 0 Å². The van der Waals surface area contributed by atoms with Gasteiger partial charge < -0.3 is 9.72 Å². The summed E-state index contributed by atoms with van der Waals surface area (Å²) in [7, 11) is 1.61. The molecule has 0 amide bonds. The maximum absolute atomic E-state index is 11.5. The number of nitrogens with one attached hydrogen (secondary N) is 1. The van der Waals surface area contributed by atoms with Crippen LogP contribution in [0.5, 0.6) is 5.75 Å². The van der Waals surface area contributed by atoms with Gasteiger partial charge in [0.05, 0.1) is 12.5 Å². The Morgan fingerprint density at radius 2 is 1.88 bits per heavy atom. The second kappa shape index (κ2) is 6.35. The van der Waals surface area contributed by atoms with Crippen LogP contribution < -0.4 is 4.74 Å². The number of aromatic nitrogens is 1. The number of ether oxygens (including phenoxy) is 1. The van der Waals surface area contributed by atoms with E-state index in [0.717, 1.165) is 27.8 Å². The lowest BCUT2D eigenvalue weighted by Crippen LogP contribution is -2.35. The van der Waals surface area contributed by atoms with Crippen LogP contribution in [-0.4, -0.2) is 23.6 Å². The molecule has 0 saturated heterocycles. The number of fused-ring (bicyclic) bond motifs is 1. The Balaban J connectivity index is 2.22. The number of hydrogen-bond acceptors (Lipinski definition) is 3. The van der Waals surface area contributed by atoms with Crippen molar-refractivity contribution < 1.29 is 9.66 Å². The minimum atomic E-state index is -0.685. The number of aromatic amines is 1. The SMILES string of the molecule is CC[C@@](C[N+](=O)[O-])(c1ccc(OC)cc1)c1c[nH]c2ccccc12. The predicted molar refractivity (Wildman–Crippen MR) is 94.2 cm³/mol. The van der Waals surface area contributed by atoms with Gasteiger partial charge >= 0.3 is 0 Å². The highest BCUT2D eigenvalue weighted by Crippen LogP contribution is 2.40. The molecular formula is C19H20N2O3. The largest absolute Gasteiger partial charge is 0.497 e. The van der Waals surface area contributed by atoms with Crippen molar-refractivity contribution in [3.8, 4) is 5.75 Å². The Labute approximate surface area is 140 Å². The summed E-state index contributed by atoms with van der Waals surface area (Å²) in [5.41, 5.74) is 2.19. The lowest BCUT2D eigenvalue weighted by molar-refractivity contribution is -0.489. The number of benzene rings is 2. The van der Waals surface area contributed by atoms with Crippen molar-refractivity contribution >= 4 is 10.9 Å². The van der Waals surface area contributed by atoms with E-state index in [2.05, 4.69) is 4.98 Å². The number of hydrogen-bond donors (Lipinski definition) is 1. The summed E-state index contributed by atoms with van der Waals surface area (Å²) in [6.07, 6.45) is 2.53. The first-order valence-electron chi connectivity index (χ1n) is 7.93. The van der Waals surface area contributed by atoms with E-state index in [9.17, 15) is 10.1 Å². The zero-order valence-electron chi connectivity index (χ0n) is 13.8. The number of methoxy groups -OCH3 is 1. The minimum absolute atomic E-state index is 0.155. The Morgan fingerprint density at radius 3 is 2.50 bits per heavy atom. The van der Waals surface area contributed by atoms with Crippen LogP contribution in [0, 0.1) is 10.1 Å². The molecule has 1 atom stereocenters. The normalized spacial score (nSPS) is 13.6. The summed E-state index contributed by atoms with van der Waals surface area (Å²) in [4.78, 5) is 14.5. The number of nitro groups is 1. The molecule has 0 radical (unpaired) electrons. The first-order valence-corrected chi connectivity index (χ1v) is 7.93. The highest BCUT2D eigenvalue weighted by Gasteiger charge is 2.39. The quantitative estimate of drug-likeness (QED) is 0.547. The maximum atomic E-state index is 11.5. The maximum Gasteiger partial charge on any atom is 0.217 e. The van der Waals surface area contributed by atoms with Crippen LogP contribution in [0.4, 0.5) is 0 Å². The lowest BCUT2D eigenvalue weighted by atomic mass is 9.72. The molecule has 5 heteroatoms. The van der Waals surface area contributed by atoms with Gasteiger partial charge in [0.25, 0.3) is 0 Å². The fraction of sp³-hybridized carbons (Fsp3) is 0.263. The van der Waals surface area contributed by atoms with Gasteiger partial charge in [0.15, 0.2) is 0 Å². The predicted octanol–water partition coefficient (Wildman–Crippen LogP) is 4.15. The van der Waals surface area contributed by atoms with Gasteiger partial charge in [-0.1, -0.05) is 37.3 Å². The molecular weight excluding hydrogens is 304 g/mol. The van der Waals surface area contributed by atoms with Crippen LogP contribution in [0.1, 0.15) is 24.5 Å². The van der Waals surface area contributed by atoms with Crippen LogP contribution in [-0.2, 0) is 5.41 Å². The molecule has 0 aliphatic heterocycles. The van der Waals surface area contributed by atoms with Gasteiger partial charge in [-0.05, 0) is 35.7 Å². The Kier molecular flexibility index (Phi) is 4.25. The van der Waals surface area contributed by atoms with Crippen LogP contribution in [0.3, 0.4) is 0 Å². The molecule has 0 unspecified atom stereocenters. The van der Waals surface area contributed by atoms with Gasteiger partial charge in [0.1, 0.15) is 5.75 Å². The molecule has 0 fully saturated rings. The lowest BCUT2D eigenvalue weighted by Gasteiger charge is -2.29. The molecule has 0 aliphatic rings. The molecule has 1 heterocycles. The van der Waals surface area contributed by atoms with E-state index in [1.165, 1.54) is 0 Å².